The Morgan fingerprint density at radius 2 is 2.06 bits per heavy atom. The molecule has 1 amide bonds. The third kappa shape index (κ3) is 2.31. The van der Waals surface area contributed by atoms with Gasteiger partial charge in [-0.25, -0.2) is 4.39 Å². The van der Waals surface area contributed by atoms with Gasteiger partial charge in [0.15, 0.2) is 0 Å². The van der Waals surface area contributed by atoms with Crippen molar-refractivity contribution in [3.05, 3.63) is 35.6 Å². The van der Waals surface area contributed by atoms with Gasteiger partial charge in [0.2, 0.25) is 5.91 Å². The second-order valence-electron chi connectivity index (χ2n) is 4.65. The van der Waals surface area contributed by atoms with E-state index >= 15 is 0 Å². The Hall–Kier alpha value is -1.42. The molecule has 0 spiro atoms. The van der Waals surface area contributed by atoms with Gasteiger partial charge in [-0.3, -0.25) is 4.79 Å². The van der Waals surface area contributed by atoms with E-state index in [2.05, 4.69) is 5.32 Å². The number of halogens is 1. The SMILES string of the molecule is C[C@@H](CO)NC(=O)C1(c2ccc(F)cc2)CC1. The van der Waals surface area contributed by atoms with Crippen LogP contribution in [-0.2, 0) is 10.2 Å². The van der Waals surface area contributed by atoms with Crippen LogP contribution in [0.15, 0.2) is 24.3 Å². The summed E-state index contributed by atoms with van der Waals surface area (Å²) in [5.41, 5.74) is 0.346. The molecular weight excluding hydrogens is 221 g/mol. The van der Waals surface area contributed by atoms with E-state index in [0.717, 1.165) is 18.4 Å². The molecule has 17 heavy (non-hydrogen) atoms. The number of hydrogen-bond donors (Lipinski definition) is 2. The summed E-state index contributed by atoms with van der Waals surface area (Å²) >= 11 is 0. The fraction of sp³-hybridized carbons (Fsp3) is 0.462. The molecule has 4 heteroatoms. The lowest BCUT2D eigenvalue weighted by molar-refractivity contribution is -0.124. The van der Waals surface area contributed by atoms with Crippen LogP contribution in [0, 0.1) is 5.82 Å². The first-order valence-electron chi connectivity index (χ1n) is 5.76. The molecule has 1 fully saturated rings. The number of hydrogen-bond acceptors (Lipinski definition) is 2. The average molecular weight is 237 g/mol. The highest BCUT2D eigenvalue weighted by molar-refractivity contribution is 5.91. The van der Waals surface area contributed by atoms with Crippen LogP contribution in [0.4, 0.5) is 4.39 Å². The Morgan fingerprint density at radius 1 is 1.47 bits per heavy atom. The van der Waals surface area contributed by atoms with E-state index in [4.69, 9.17) is 5.11 Å². The van der Waals surface area contributed by atoms with E-state index in [1.54, 1.807) is 19.1 Å². The topological polar surface area (TPSA) is 49.3 Å². The third-order valence-corrected chi connectivity index (χ3v) is 3.23. The number of amides is 1. The van der Waals surface area contributed by atoms with Gasteiger partial charge in [-0.2, -0.15) is 0 Å². The maximum absolute atomic E-state index is 12.8. The molecule has 1 aliphatic rings. The van der Waals surface area contributed by atoms with Crippen molar-refractivity contribution < 1.29 is 14.3 Å². The van der Waals surface area contributed by atoms with Crippen molar-refractivity contribution >= 4 is 5.91 Å². The van der Waals surface area contributed by atoms with Crippen LogP contribution in [0.5, 0.6) is 0 Å². The van der Waals surface area contributed by atoms with Gasteiger partial charge in [-0.05, 0) is 37.5 Å². The average Bonchev–Trinajstić information content (AvgIpc) is 3.11. The summed E-state index contributed by atoms with van der Waals surface area (Å²) in [7, 11) is 0. The van der Waals surface area contributed by atoms with Crippen LogP contribution < -0.4 is 5.32 Å². The number of carbonyl (C=O) groups excluding carboxylic acids is 1. The molecule has 1 aromatic carbocycles. The minimum atomic E-state index is -0.503. The molecule has 1 saturated carbocycles. The monoisotopic (exact) mass is 237 g/mol. The van der Waals surface area contributed by atoms with Crippen LogP contribution in [-0.4, -0.2) is 23.7 Å². The first-order valence-corrected chi connectivity index (χ1v) is 5.76. The Labute approximate surface area is 99.7 Å². The first kappa shape index (κ1) is 12.0. The molecular formula is C13H16FNO2. The highest BCUT2D eigenvalue weighted by atomic mass is 19.1. The molecule has 1 aliphatic carbocycles. The van der Waals surface area contributed by atoms with Gasteiger partial charge in [0, 0.05) is 6.04 Å². The van der Waals surface area contributed by atoms with Crippen LogP contribution in [0.1, 0.15) is 25.3 Å². The molecule has 1 aromatic rings. The predicted octanol–water partition coefficient (Wildman–Crippen LogP) is 1.35. The fourth-order valence-electron chi connectivity index (χ4n) is 1.95. The van der Waals surface area contributed by atoms with Crippen molar-refractivity contribution in [3.63, 3.8) is 0 Å². The van der Waals surface area contributed by atoms with E-state index in [0.29, 0.717) is 0 Å². The van der Waals surface area contributed by atoms with Crippen LogP contribution in [0.3, 0.4) is 0 Å². The Balaban J connectivity index is 2.14. The highest BCUT2D eigenvalue weighted by Crippen LogP contribution is 2.48. The van der Waals surface area contributed by atoms with Crippen molar-refractivity contribution in [1.29, 1.82) is 0 Å². The zero-order chi connectivity index (χ0) is 12.5. The van der Waals surface area contributed by atoms with Crippen LogP contribution in [0.25, 0.3) is 0 Å². The summed E-state index contributed by atoms with van der Waals surface area (Å²) in [6.07, 6.45) is 1.56. The fourth-order valence-corrected chi connectivity index (χ4v) is 1.95. The minimum absolute atomic E-state index is 0.0781. The van der Waals surface area contributed by atoms with Crippen LogP contribution in [0.2, 0.25) is 0 Å². The van der Waals surface area contributed by atoms with Crippen molar-refractivity contribution in [3.8, 4) is 0 Å². The van der Waals surface area contributed by atoms with Crippen molar-refractivity contribution in [1.82, 2.24) is 5.32 Å². The molecule has 0 heterocycles. The quantitative estimate of drug-likeness (QED) is 0.830. The molecule has 1 atom stereocenters. The highest BCUT2D eigenvalue weighted by Gasteiger charge is 2.51. The molecule has 0 bridgehead atoms. The van der Waals surface area contributed by atoms with Gasteiger partial charge >= 0.3 is 0 Å². The van der Waals surface area contributed by atoms with Crippen LogP contribution >= 0.6 is 0 Å². The van der Waals surface area contributed by atoms with Crippen molar-refractivity contribution in [2.75, 3.05) is 6.61 Å². The summed E-state index contributed by atoms with van der Waals surface area (Å²) in [5, 5.41) is 11.7. The van der Waals surface area contributed by atoms with Gasteiger partial charge in [-0.15, -0.1) is 0 Å². The van der Waals surface area contributed by atoms with Crippen molar-refractivity contribution in [2.24, 2.45) is 0 Å². The lowest BCUT2D eigenvalue weighted by Gasteiger charge is -2.18. The van der Waals surface area contributed by atoms with Gasteiger partial charge in [-0.1, -0.05) is 12.1 Å². The molecule has 2 N–H and O–H groups in total. The summed E-state index contributed by atoms with van der Waals surface area (Å²) < 4.78 is 12.8. The summed E-state index contributed by atoms with van der Waals surface area (Å²) in [5.74, 6) is -0.376. The van der Waals surface area contributed by atoms with Crippen molar-refractivity contribution in [2.45, 2.75) is 31.2 Å². The molecule has 3 nitrogen and oxygen atoms in total. The van der Waals surface area contributed by atoms with E-state index in [9.17, 15) is 9.18 Å². The lowest BCUT2D eigenvalue weighted by Crippen LogP contribution is -2.41. The largest absolute Gasteiger partial charge is 0.394 e. The number of aliphatic hydroxyl groups excluding tert-OH is 1. The number of carbonyl (C=O) groups is 1. The summed E-state index contributed by atoms with van der Waals surface area (Å²) in [6, 6.07) is 5.81. The zero-order valence-electron chi connectivity index (χ0n) is 9.74. The Bertz CT molecular complexity index is 412. The Kier molecular flexibility index (Phi) is 3.15. The molecule has 0 radical (unpaired) electrons. The smallest absolute Gasteiger partial charge is 0.230 e. The molecule has 0 aromatic heterocycles. The maximum atomic E-state index is 12.8. The van der Waals surface area contributed by atoms with E-state index in [-0.39, 0.29) is 24.4 Å². The molecule has 92 valence electrons. The first-order chi connectivity index (χ1) is 8.08. The Morgan fingerprint density at radius 3 is 2.53 bits per heavy atom. The maximum Gasteiger partial charge on any atom is 0.230 e. The normalized spacial score (nSPS) is 18.5. The van der Waals surface area contributed by atoms with Gasteiger partial charge < -0.3 is 10.4 Å². The summed E-state index contributed by atoms with van der Waals surface area (Å²) in [6.45, 7) is 1.67. The molecule has 0 unspecified atom stereocenters. The number of nitrogens with one attached hydrogen (secondary N) is 1. The second kappa shape index (κ2) is 4.45. The number of rotatable bonds is 4. The van der Waals surface area contributed by atoms with E-state index in [1.807, 2.05) is 0 Å². The molecule has 2 rings (SSSR count). The minimum Gasteiger partial charge on any atom is -0.394 e. The lowest BCUT2D eigenvalue weighted by atomic mass is 9.94. The van der Waals surface area contributed by atoms with E-state index < -0.39 is 5.41 Å². The molecule has 0 aliphatic heterocycles. The molecule has 0 saturated heterocycles. The third-order valence-electron chi connectivity index (χ3n) is 3.23. The van der Waals surface area contributed by atoms with Gasteiger partial charge in [0.05, 0.1) is 12.0 Å². The standard InChI is InChI=1S/C13H16FNO2/c1-9(8-16)15-12(17)13(6-7-13)10-2-4-11(14)5-3-10/h2-5,9,16H,6-8H2,1H3,(H,15,17)/t9-/m0/s1. The van der Waals surface area contributed by atoms with Gasteiger partial charge in [0.1, 0.15) is 5.82 Å². The number of aliphatic hydroxyl groups is 1. The number of benzene rings is 1. The summed E-state index contributed by atoms with van der Waals surface area (Å²) in [4.78, 5) is 12.1. The van der Waals surface area contributed by atoms with Gasteiger partial charge in [0.25, 0.3) is 0 Å². The predicted molar refractivity (Wildman–Crippen MR) is 62.0 cm³/mol. The zero-order valence-corrected chi connectivity index (χ0v) is 9.74. The van der Waals surface area contributed by atoms with E-state index in [1.165, 1.54) is 12.1 Å². The second-order valence-corrected chi connectivity index (χ2v) is 4.65.